The lowest BCUT2D eigenvalue weighted by Crippen LogP contribution is -2.48. The lowest BCUT2D eigenvalue weighted by atomic mass is 9.81. The summed E-state index contributed by atoms with van der Waals surface area (Å²) in [5.41, 5.74) is 1.29. The molecule has 1 amide bonds. The molecule has 136 valence electrons. The predicted octanol–water partition coefficient (Wildman–Crippen LogP) is 2.74. The van der Waals surface area contributed by atoms with Crippen molar-refractivity contribution in [2.45, 2.75) is 44.6 Å². The maximum Gasteiger partial charge on any atom is 0.306 e. The highest BCUT2D eigenvalue weighted by Gasteiger charge is 2.33. The van der Waals surface area contributed by atoms with E-state index in [2.05, 4.69) is 12.1 Å². The molecule has 3 rings (SSSR count). The molecule has 0 radical (unpaired) electrons. The minimum absolute atomic E-state index is 0.0107. The zero-order valence-electron chi connectivity index (χ0n) is 14.6. The second-order valence-corrected chi connectivity index (χ2v) is 7.19. The molecule has 1 saturated carbocycles. The van der Waals surface area contributed by atoms with Crippen LogP contribution in [-0.4, -0.2) is 47.7 Å². The van der Waals surface area contributed by atoms with Gasteiger partial charge in [-0.1, -0.05) is 30.3 Å². The summed E-state index contributed by atoms with van der Waals surface area (Å²) in [6.07, 6.45) is 4.59. The largest absolute Gasteiger partial charge is 0.481 e. The van der Waals surface area contributed by atoms with Gasteiger partial charge in [0, 0.05) is 19.0 Å². The maximum absolute atomic E-state index is 12.8. The average Bonchev–Trinajstić information content (AvgIpc) is 2.67. The van der Waals surface area contributed by atoms with Gasteiger partial charge >= 0.3 is 5.97 Å². The summed E-state index contributed by atoms with van der Waals surface area (Å²) in [7, 11) is 0. The van der Waals surface area contributed by atoms with E-state index in [9.17, 15) is 9.59 Å². The van der Waals surface area contributed by atoms with E-state index in [4.69, 9.17) is 9.84 Å². The van der Waals surface area contributed by atoms with E-state index in [0.29, 0.717) is 45.4 Å². The fourth-order valence-electron chi connectivity index (χ4n) is 3.91. The van der Waals surface area contributed by atoms with E-state index in [1.165, 1.54) is 5.56 Å². The van der Waals surface area contributed by atoms with E-state index in [0.717, 1.165) is 12.8 Å². The van der Waals surface area contributed by atoms with Crippen molar-refractivity contribution in [3.63, 3.8) is 0 Å². The molecular weight excluding hydrogens is 318 g/mol. The first-order valence-electron chi connectivity index (χ1n) is 9.30. The van der Waals surface area contributed by atoms with Gasteiger partial charge in [-0.05, 0) is 44.1 Å². The van der Waals surface area contributed by atoms with Crippen LogP contribution in [0.25, 0.3) is 0 Å². The van der Waals surface area contributed by atoms with Crippen LogP contribution in [0.5, 0.6) is 0 Å². The summed E-state index contributed by atoms with van der Waals surface area (Å²) >= 11 is 0. The SMILES string of the molecule is O=C(O)C1CCC(C(=O)N2CCOC(CCc3ccccc3)C2)CC1. The zero-order valence-corrected chi connectivity index (χ0v) is 14.6. The fraction of sp³-hybridized carbons (Fsp3) is 0.600. The van der Waals surface area contributed by atoms with Gasteiger partial charge < -0.3 is 14.7 Å². The summed E-state index contributed by atoms with van der Waals surface area (Å²) in [6, 6.07) is 10.3. The molecular formula is C20H27NO4. The van der Waals surface area contributed by atoms with Crippen LogP contribution in [0.3, 0.4) is 0 Å². The number of amides is 1. The molecule has 0 bridgehead atoms. The van der Waals surface area contributed by atoms with E-state index >= 15 is 0 Å². The zero-order chi connectivity index (χ0) is 17.6. The van der Waals surface area contributed by atoms with Crippen molar-refractivity contribution in [2.75, 3.05) is 19.7 Å². The molecule has 5 heteroatoms. The van der Waals surface area contributed by atoms with Crippen LogP contribution >= 0.6 is 0 Å². The third-order valence-electron chi connectivity index (χ3n) is 5.47. The number of carboxylic acids is 1. The third kappa shape index (κ3) is 4.82. The molecule has 0 aromatic heterocycles. The topological polar surface area (TPSA) is 66.8 Å². The van der Waals surface area contributed by atoms with Crippen molar-refractivity contribution in [1.29, 1.82) is 0 Å². The number of hydrogen-bond acceptors (Lipinski definition) is 3. The number of carboxylic acid groups (broad SMARTS) is 1. The number of hydrogen-bond donors (Lipinski definition) is 1. The van der Waals surface area contributed by atoms with Crippen molar-refractivity contribution in [3.05, 3.63) is 35.9 Å². The first-order chi connectivity index (χ1) is 12.1. The number of rotatable bonds is 5. The van der Waals surface area contributed by atoms with Gasteiger partial charge in [0.25, 0.3) is 0 Å². The van der Waals surface area contributed by atoms with Crippen molar-refractivity contribution < 1.29 is 19.4 Å². The smallest absolute Gasteiger partial charge is 0.306 e. The second-order valence-electron chi connectivity index (χ2n) is 7.19. The molecule has 1 aliphatic carbocycles. The molecule has 1 heterocycles. The van der Waals surface area contributed by atoms with Crippen molar-refractivity contribution in [2.24, 2.45) is 11.8 Å². The molecule has 1 aromatic carbocycles. The number of aryl methyl sites for hydroxylation is 1. The molecule has 1 aliphatic heterocycles. The molecule has 1 unspecified atom stereocenters. The van der Waals surface area contributed by atoms with Crippen molar-refractivity contribution >= 4 is 11.9 Å². The molecule has 25 heavy (non-hydrogen) atoms. The Morgan fingerprint density at radius 2 is 1.76 bits per heavy atom. The average molecular weight is 345 g/mol. The van der Waals surface area contributed by atoms with Crippen LogP contribution in [0.2, 0.25) is 0 Å². The lowest BCUT2D eigenvalue weighted by molar-refractivity contribution is -0.148. The van der Waals surface area contributed by atoms with Crippen molar-refractivity contribution in [3.8, 4) is 0 Å². The molecule has 1 atom stereocenters. The Morgan fingerprint density at radius 3 is 2.44 bits per heavy atom. The Labute approximate surface area is 149 Å². The van der Waals surface area contributed by atoms with E-state index in [1.54, 1.807) is 0 Å². The number of nitrogens with zero attached hydrogens (tertiary/aromatic N) is 1. The van der Waals surface area contributed by atoms with Crippen molar-refractivity contribution in [1.82, 2.24) is 4.90 Å². The third-order valence-corrected chi connectivity index (χ3v) is 5.47. The Hall–Kier alpha value is -1.88. The van der Waals surface area contributed by atoms with Gasteiger partial charge in [0.05, 0.1) is 18.6 Å². The number of aliphatic carboxylic acids is 1. The summed E-state index contributed by atoms with van der Waals surface area (Å²) in [6.45, 7) is 1.90. The number of carbonyl (C=O) groups excluding carboxylic acids is 1. The van der Waals surface area contributed by atoms with Gasteiger partial charge in [-0.3, -0.25) is 9.59 Å². The second kappa shape index (κ2) is 8.48. The van der Waals surface area contributed by atoms with Gasteiger partial charge in [0.2, 0.25) is 5.91 Å². The summed E-state index contributed by atoms with van der Waals surface area (Å²) in [5.74, 6) is -0.814. The highest BCUT2D eigenvalue weighted by Crippen LogP contribution is 2.30. The van der Waals surface area contributed by atoms with Gasteiger partial charge in [-0.25, -0.2) is 0 Å². The van der Waals surface area contributed by atoms with Gasteiger partial charge in [-0.2, -0.15) is 0 Å². The molecule has 0 spiro atoms. The highest BCUT2D eigenvalue weighted by atomic mass is 16.5. The minimum atomic E-state index is -0.724. The Morgan fingerprint density at radius 1 is 1.08 bits per heavy atom. The Balaban J connectivity index is 1.47. The van der Waals surface area contributed by atoms with E-state index in [1.807, 2.05) is 23.1 Å². The molecule has 1 aromatic rings. The molecule has 1 saturated heterocycles. The molecule has 5 nitrogen and oxygen atoms in total. The lowest BCUT2D eigenvalue weighted by Gasteiger charge is -2.36. The number of benzene rings is 1. The quantitative estimate of drug-likeness (QED) is 0.891. The first kappa shape index (κ1) is 17.9. The number of ether oxygens (including phenoxy) is 1. The minimum Gasteiger partial charge on any atom is -0.481 e. The standard InChI is InChI=1S/C20H27NO4/c22-19(16-7-9-17(10-8-16)20(23)24)21-12-13-25-18(14-21)11-6-15-4-2-1-3-5-15/h1-5,16-18H,6-14H2,(H,23,24). The Kier molecular flexibility index (Phi) is 6.08. The molecule has 2 fully saturated rings. The van der Waals surface area contributed by atoms with Crippen LogP contribution in [0.1, 0.15) is 37.7 Å². The maximum atomic E-state index is 12.8. The first-order valence-corrected chi connectivity index (χ1v) is 9.30. The van der Waals surface area contributed by atoms with Crippen LogP contribution in [-0.2, 0) is 20.7 Å². The molecule has 1 N–H and O–H groups in total. The van der Waals surface area contributed by atoms with E-state index < -0.39 is 5.97 Å². The predicted molar refractivity (Wildman–Crippen MR) is 94.2 cm³/mol. The summed E-state index contributed by atoms with van der Waals surface area (Å²) < 4.78 is 5.84. The van der Waals surface area contributed by atoms with Crippen LogP contribution in [0, 0.1) is 11.8 Å². The number of carbonyl (C=O) groups is 2. The summed E-state index contributed by atoms with van der Waals surface area (Å²) in [5, 5.41) is 9.09. The van der Waals surface area contributed by atoms with Crippen LogP contribution in [0.4, 0.5) is 0 Å². The normalized spacial score (nSPS) is 27.0. The molecule has 2 aliphatic rings. The monoisotopic (exact) mass is 345 g/mol. The van der Waals surface area contributed by atoms with Gasteiger partial charge in [0.1, 0.15) is 0 Å². The van der Waals surface area contributed by atoms with Crippen LogP contribution in [0.15, 0.2) is 30.3 Å². The highest BCUT2D eigenvalue weighted by molar-refractivity contribution is 5.79. The number of morpholine rings is 1. The summed E-state index contributed by atoms with van der Waals surface area (Å²) in [4.78, 5) is 25.8. The van der Waals surface area contributed by atoms with Gasteiger partial charge in [0.15, 0.2) is 0 Å². The van der Waals surface area contributed by atoms with Crippen LogP contribution < -0.4 is 0 Å². The fourth-order valence-corrected chi connectivity index (χ4v) is 3.91. The van der Waals surface area contributed by atoms with Gasteiger partial charge in [-0.15, -0.1) is 0 Å². The van der Waals surface area contributed by atoms with E-state index in [-0.39, 0.29) is 23.8 Å². The Bertz CT molecular complexity index is 581.